The lowest BCUT2D eigenvalue weighted by Gasteiger charge is -2.16. The largest absolute Gasteiger partial charge is 0.508 e. The molecular formula is C22H16F3NO4S. The molecule has 0 saturated carbocycles. The van der Waals surface area contributed by atoms with E-state index in [1.165, 1.54) is 43.0 Å². The van der Waals surface area contributed by atoms with Crippen LogP contribution in [0.25, 0.3) is 0 Å². The second kappa shape index (κ2) is 7.81. The van der Waals surface area contributed by atoms with Gasteiger partial charge in [-0.15, -0.1) is 11.8 Å². The number of alkyl halides is 3. The summed E-state index contributed by atoms with van der Waals surface area (Å²) in [6.07, 6.45) is -4.41. The molecule has 2 aromatic carbocycles. The maximum absolute atomic E-state index is 13.2. The van der Waals surface area contributed by atoms with Crippen LogP contribution in [0.3, 0.4) is 0 Å². The molecular weight excluding hydrogens is 431 g/mol. The number of halogens is 3. The number of aryl methyl sites for hydroxylation is 1. The molecule has 0 spiro atoms. The highest BCUT2D eigenvalue weighted by molar-refractivity contribution is 7.99. The summed E-state index contributed by atoms with van der Waals surface area (Å²) in [6, 6.07) is 10.9. The zero-order valence-corrected chi connectivity index (χ0v) is 16.9. The third-order valence-corrected chi connectivity index (χ3v) is 6.12. The van der Waals surface area contributed by atoms with E-state index in [0.717, 1.165) is 17.7 Å². The molecule has 5 nitrogen and oxygen atoms in total. The first kappa shape index (κ1) is 21.0. The van der Waals surface area contributed by atoms with Crippen molar-refractivity contribution in [1.82, 2.24) is 0 Å². The second-order valence-corrected chi connectivity index (χ2v) is 8.29. The van der Waals surface area contributed by atoms with Gasteiger partial charge in [0.1, 0.15) is 22.8 Å². The Labute approximate surface area is 178 Å². The van der Waals surface area contributed by atoms with Gasteiger partial charge in [0.2, 0.25) is 0 Å². The molecule has 1 aromatic heterocycles. The molecule has 0 radical (unpaired) electrons. The summed E-state index contributed by atoms with van der Waals surface area (Å²) in [5, 5.41) is 19.6. The van der Waals surface area contributed by atoms with Gasteiger partial charge in [0.05, 0.1) is 17.0 Å². The van der Waals surface area contributed by atoms with Gasteiger partial charge in [0, 0.05) is 22.6 Å². The molecule has 1 aliphatic rings. The fraction of sp³-hybridized carbons (Fsp3) is 0.182. The molecule has 1 aliphatic heterocycles. The highest BCUT2D eigenvalue weighted by Crippen LogP contribution is 2.47. The number of nitrogens with zero attached hydrogens (tertiary/aromatic N) is 1. The van der Waals surface area contributed by atoms with E-state index < -0.39 is 17.4 Å². The Bertz CT molecular complexity index is 1230. The van der Waals surface area contributed by atoms with Crippen molar-refractivity contribution in [1.29, 1.82) is 0 Å². The summed E-state index contributed by atoms with van der Waals surface area (Å²) in [6.45, 7) is 1.50. The van der Waals surface area contributed by atoms with Gasteiger partial charge in [-0.1, -0.05) is 12.1 Å². The second-order valence-electron chi connectivity index (χ2n) is 7.05. The SMILES string of the molecule is Cc1cc(O)c(C2=Nc3cc(C(F)(F)F)ccc3SC(c3ccc(O)cc3)C2)c(=O)o1. The Kier molecular flexibility index (Phi) is 5.30. The van der Waals surface area contributed by atoms with Crippen molar-refractivity contribution < 1.29 is 27.8 Å². The van der Waals surface area contributed by atoms with E-state index in [1.54, 1.807) is 12.1 Å². The van der Waals surface area contributed by atoms with E-state index in [-0.39, 0.29) is 45.9 Å². The molecule has 0 saturated heterocycles. The van der Waals surface area contributed by atoms with Gasteiger partial charge in [0.15, 0.2) is 0 Å². The van der Waals surface area contributed by atoms with E-state index in [9.17, 15) is 28.2 Å². The Hall–Kier alpha value is -3.20. The number of hydrogen-bond acceptors (Lipinski definition) is 6. The smallest absolute Gasteiger partial charge is 0.416 e. The van der Waals surface area contributed by atoms with Gasteiger partial charge in [-0.25, -0.2) is 4.79 Å². The predicted octanol–water partition coefficient (Wildman–Crippen LogP) is 5.74. The fourth-order valence-corrected chi connectivity index (χ4v) is 4.55. The van der Waals surface area contributed by atoms with Crippen molar-refractivity contribution in [3.05, 3.63) is 81.4 Å². The van der Waals surface area contributed by atoms with Gasteiger partial charge in [0.25, 0.3) is 0 Å². The molecule has 1 atom stereocenters. The maximum atomic E-state index is 13.2. The normalized spacial score (nSPS) is 16.4. The molecule has 160 valence electrons. The van der Waals surface area contributed by atoms with Crippen molar-refractivity contribution in [2.75, 3.05) is 0 Å². The predicted molar refractivity (Wildman–Crippen MR) is 110 cm³/mol. The quantitative estimate of drug-likeness (QED) is 0.524. The average molecular weight is 447 g/mol. The first-order chi connectivity index (χ1) is 14.6. The van der Waals surface area contributed by atoms with Crippen LogP contribution in [0.5, 0.6) is 11.5 Å². The molecule has 1 unspecified atom stereocenters. The molecule has 2 N–H and O–H groups in total. The lowest BCUT2D eigenvalue weighted by molar-refractivity contribution is -0.137. The minimum atomic E-state index is -4.55. The van der Waals surface area contributed by atoms with Crippen LogP contribution in [0, 0.1) is 6.92 Å². The number of aliphatic imine (C=N–C) groups is 1. The van der Waals surface area contributed by atoms with E-state index in [1.807, 2.05) is 0 Å². The zero-order valence-electron chi connectivity index (χ0n) is 16.1. The minimum Gasteiger partial charge on any atom is -0.508 e. The Morgan fingerprint density at radius 1 is 1.10 bits per heavy atom. The summed E-state index contributed by atoms with van der Waals surface area (Å²) in [5.74, 6) is -0.0784. The van der Waals surface area contributed by atoms with Crippen LogP contribution >= 0.6 is 11.8 Å². The molecule has 3 aromatic rings. The summed E-state index contributed by atoms with van der Waals surface area (Å²) >= 11 is 1.29. The first-order valence-electron chi connectivity index (χ1n) is 9.20. The third kappa shape index (κ3) is 4.32. The Balaban J connectivity index is 1.90. The van der Waals surface area contributed by atoms with Crippen LogP contribution in [0.2, 0.25) is 0 Å². The van der Waals surface area contributed by atoms with Crippen LogP contribution in [-0.4, -0.2) is 15.9 Å². The molecule has 2 heterocycles. The number of fused-ring (bicyclic) bond motifs is 1. The van der Waals surface area contributed by atoms with Gasteiger partial charge in [-0.3, -0.25) is 4.99 Å². The molecule has 9 heteroatoms. The monoisotopic (exact) mass is 447 g/mol. The summed E-state index contributed by atoms with van der Waals surface area (Å²) in [4.78, 5) is 17.3. The maximum Gasteiger partial charge on any atom is 0.416 e. The van der Waals surface area contributed by atoms with E-state index >= 15 is 0 Å². The van der Waals surface area contributed by atoms with Crippen molar-refractivity contribution in [3.8, 4) is 11.5 Å². The van der Waals surface area contributed by atoms with Gasteiger partial charge in [-0.2, -0.15) is 13.2 Å². The number of phenols is 1. The summed E-state index contributed by atoms with van der Waals surface area (Å²) < 4.78 is 44.8. The third-order valence-electron chi connectivity index (χ3n) is 4.80. The van der Waals surface area contributed by atoms with Crippen molar-refractivity contribution in [2.24, 2.45) is 4.99 Å². The number of aromatic hydroxyl groups is 2. The molecule has 0 amide bonds. The van der Waals surface area contributed by atoms with Crippen LogP contribution < -0.4 is 5.63 Å². The van der Waals surface area contributed by atoms with Crippen molar-refractivity contribution >= 4 is 23.2 Å². The van der Waals surface area contributed by atoms with Crippen LogP contribution in [-0.2, 0) is 6.18 Å². The molecule has 0 bridgehead atoms. The standard InChI is InChI=1S/C22H16F3NO4S/c1-11-8-17(28)20(21(29)30-11)16-10-19(12-2-5-14(27)6-3-12)31-18-7-4-13(22(23,24)25)9-15(18)26-16/h2-9,19,27-28H,10H2,1H3. The minimum absolute atomic E-state index is 0.0514. The lowest BCUT2D eigenvalue weighted by atomic mass is 10.0. The fourth-order valence-electron chi connectivity index (χ4n) is 3.34. The molecule has 0 aliphatic carbocycles. The summed E-state index contributed by atoms with van der Waals surface area (Å²) in [5.41, 5.74) is -0.913. The van der Waals surface area contributed by atoms with Crippen LogP contribution in [0.15, 0.2) is 67.6 Å². The van der Waals surface area contributed by atoms with E-state index in [0.29, 0.717) is 4.90 Å². The molecule has 31 heavy (non-hydrogen) atoms. The van der Waals surface area contributed by atoms with E-state index in [4.69, 9.17) is 4.42 Å². The number of rotatable bonds is 2. The molecule has 4 rings (SSSR count). The molecule has 0 fully saturated rings. The highest BCUT2D eigenvalue weighted by Gasteiger charge is 2.33. The highest BCUT2D eigenvalue weighted by atomic mass is 32.2. The lowest BCUT2D eigenvalue weighted by Crippen LogP contribution is -2.17. The van der Waals surface area contributed by atoms with Crippen LogP contribution in [0.4, 0.5) is 18.9 Å². The van der Waals surface area contributed by atoms with Crippen LogP contribution in [0.1, 0.15) is 34.1 Å². The average Bonchev–Trinajstić information content (AvgIpc) is 2.86. The zero-order chi connectivity index (χ0) is 22.3. The Morgan fingerprint density at radius 3 is 2.45 bits per heavy atom. The summed E-state index contributed by atoms with van der Waals surface area (Å²) in [7, 11) is 0. The van der Waals surface area contributed by atoms with Crippen molar-refractivity contribution in [3.63, 3.8) is 0 Å². The number of phenolic OH excluding ortho intramolecular Hbond substituents is 1. The van der Waals surface area contributed by atoms with E-state index in [2.05, 4.69) is 4.99 Å². The van der Waals surface area contributed by atoms with Gasteiger partial charge < -0.3 is 14.6 Å². The Morgan fingerprint density at radius 2 is 1.81 bits per heavy atom. The van der Waals surface area contributed by atoms with Gasteiger partial charge >= 0.3 is 11.8 Å². The number of benzene rings is 2. The van der Waals surface area contributed by atoms with Gasteiger partial charge in [-0.05, 0) is 42.8 Å². The topological polar surface area (TPSA) is 83.0 Å². The number of thioether (sulfide) groups is 1. The van der Waals surface area contributed by atoms with Crippen molar-refractivity contribution in [2.45, 2.75) is 29.7 Å². The first-order valence-corrected chi connectivity index (χ1v) is 10.1. The number of hydrogen-bond donors (Lipinski definition) is 2.